The van der Waals surface area contributed by atoms with Crippen LogP contribution in [0.15, 0.2) is 30.3 Å². The van der Waals surface area contributed by atoms with E-state index in [-0.39, 0.29) is 13.1 Å². The molecule has 1 aromatic carbocycles. The normalized spacial score (nSPS) is 31.8. The summed E-state index contributed by atoms with van der Waals surface area (Å²) >= 11 is 0. The zero-order valence-electron chi connectivity index (χ0n) is 32.2. The van der Waals surface area contributed by atoms with Gasteiger partial charge in [0.1, 0.15) is 5.35 Å². The minimum atomic E-state index is -6.17. The molecule has 3 unspecified atom stereocenters. The number of para-hydroxylation sites is 1. The molecule has 1 aliphatic heterocycles. The summed E-state index contributed by atoms with van der Waals surface area (Å²) in [6.07, 6.45) is -10.7. The maximum absolute atomic E-state index is 14.5. The van der Waals surface area contributed by atoms with E-state index in [4.69, 9.17) is 20.6 Å². The Kier molecular flexibility index (Phi) is 3.50. The van der Waals surface area contributed by atoms with E-state index in [1.54, 1.807) is 0 Å². The molecule has 1 aliphatic rings. The van der Waals surface area contributed by atoms with Crippen molar-refractivity contribution in [1.82, 2.24) is 15.5 Å². The maximum Gasteiger partial charge on any atom is 0.249 e. The highest BCUT2D eigenvalue weighted by atomic mass is 32.2. The van der Waals surface area contributed by atoms with Crippen molar-refractivity contribution in [3.8, 4) is 0 Å². The van der Waals surface area contributed by atoms with Gasteiger partial charge in [0.2, 0.25) is 15.9 Å². The van der Waals surface area contributed by atoms with Crippen molar-refractivity contribution in [2.75, 3.05) is 37.4 Å². The molecule has 1 saturated heterocycles. The number of carbonyl (C=O) groups excluding carboxylic acids is 1. The van der Waals surface area contributed by atoms with Gasteiger partial charge in [-0.2, -0.15) is 0 Å². The standard InChI is InChI=1S/C20H34N4O3S/c1-3-4-6-9-18(16-22-17(2)25)20(24-14-12-21-13-15-24)28(26,27)23-19-10-7-5-8-11-19/h5,7-8,10-11,18,20-21,23H,3-4,6,9,12-16H2,1-2H3,(H,22,25)/i2D3,4D,5D,6D2,7D,9D2,10D,16D2,18D,20D/hD2. The van der Waals surface area contributed by atoms with Gasteiger partial charge >= 0.3 is 0 Å². The van der Waals surface area contributed by atoms with Crippen LogP contribution in [0.3, 0.4) is 0 Å². The van der Waals surface area contributed by atoms with Crippen LogP contribution in [0.5, 0.6) is 0 Å². The molecule has 7 nitrogen and oxygen atoms in total. The number of hydrogen-bond acceptors (Lipinski definition) is 5. The van der Waals surface area contributed by atoms with Crippen LogP contribution in [0.1, 0.15) is 59.9 Å². The molecule has 1 aromatic rings. The first-order valence-corrected chi connectivity index (χ1v) is 9.91. The van der Waals surface area contributed by atoms with Crippen LogP contribution in [0.25, 0.3) is 0 Å². The molecular weight excluding hydrogens is 376 g/mol. The van der Waals surface area contributed by atoms with E-state index < -0.39 is 113 Å². The van der Waals surface area contributed by atoms with Crippen molar-refractivity contribution in [2.45, 2.75) is 44.7 Å². The van der Waals surface area contributed by atoms with E-state index in [0.717, 1.165) is 6.07 Å². The quantitative estimate of drug-likeness (QED) is 0.502. The number of amides is 1. The SMILES string of the molecule is [2H]c1ccc(N([2H])S(=O)(=O)C([2H])(N2CCNCC2)C([2H])(C([2H])([2H])N([2H])C(=O)C([2H])([2H])[2H])C([2H])([2H])C([2H])([2H])C([2H])CC)c([2H])c1[2H]. The second kappa shape index (κ2) is 11.4. The molecule has 3 N–H and O–H groups in total. The van der Waals surface area contributed by atoms with E-state index in [9.17, 15) is 16.0 Å². The van der Waals surface area contributed by atoms with Gasteiger partial charge in [0.05, 0.1) is 5.48 Å². The summed E-state index contributed by atoms with van der Waals surface area (Å²) in [6.45, 7) is -8.66. The summed E-state index contributed by atoms with van der Waals surface area (Å²) in [7, 11) is -6.17. The predicted octanol–water partition coefficient (Wildman–Crippen LogP) is 1.99. The fourth-order valence-corrected chi connectivity index (χ4v) is 3.62. The molecule has 1 heterocycles. The van der Waals surface area contributed by atoms with Gasteiger partial charge in [0, 0.05) is 66.2 Å². The lowest BCUT2D eigenvalue weighted by Crippen LogP contribution is -2.56. The Labute approximate surface area is 193 Å². The lowest BCUT2D eigenvalue weighted by molar-refractivity contribution is -0.119. The molecule has 8 heteroatoms. The second-order valence-corrected chi connectivity index (χ2v) is 7.03. The number of nitrogens with zero attached hydrogens (tertiary/aromatic N) is 1. The number of hydrogen-bond donors (Lipinski definition) is 3. The van der Waals surface area contributed by atoms with Crippen LogP contribution >= 0.6 is 0 Å². The summed E-state index contributed by atoms with van der Waals surface area (Å²) < 4.78 is 170. The summed E-state index contributed by atoms with van der Waals surface area (Å²) in [5.74, 6) is -7.00. The third-order valence-corrected chi connectivity index (χ3v) is 4.83. The zero-order chi connectivity index (χ0) is 35.4. The van der Waals surface area contributed by atoms with Crippen molar-refractivity contribution in [3.05, 3.63) is 30.3 Å². The highest BCUT2D eigenvalue weighted by Crippen LogP contribution is 2.25. The third-order valence-electron chi connectivity index (χ3n) is 3.44. The smallest absolute Gasteiger partial charge is 0.249 e. The van der Waals surface area contributed by atoms with Gasteiger partial charge in [-0.25, -0.2) is 8.42 Å². The van der Waals surface area contributed by atoms with E-state index in [0.29, 0.717) is 11.0 Å². The fourth-order valence-electron chi connectivity index (χ4n) is 2.31. The molecule has 0 saturated carbocycles. The van der Waals surface area contributed by atoms with Crippen LogP contribution in [0, 0.1) is 5.89 Å². The molecule has 0 aromatic heterocycles. The van der Waals surface area contributed by atoms with Gasteiger partial charge in [-0.15, -0.1) is 0 Å². The lowest BCUT2D eigenvalue weighted by atomic mass is 9.99. The van der Waals surface area contributed by atoms with Crippen molar-refractivity contribution in [3.63, 3.8) is 0 Å². The Hall–Kier alpha value is -1.64. The van der Waals surface area contributed by atoms with Gasteiger partial charge in [-0.3, -0.25) is 14.4 Å². The number of piperazine rings is 1. The molecule has 3 atom stereocenters. The Bertz CT molecular complexity index is 1370. The summed E-state index contributed by atoms with van der Waals surface area (Å²) in [5, 5.41) is -2.53. The topological polar surface area (TPSA) is 90.5 Å². The van der Waals surface area contributed by atoms with Gasteiger partial charge < -0.3 is 10.6 Å². The Morgan fingerprint density at radius 1 is 1.50 bits per heavy atom. The van der Waals surface area contributed by atoms with Crippen LogP contribution in [-0.2, 0) is 14.8 Å². The highest BCUT2D eigenvalue weighted by molar-refractivity contribution is 7.93. The highest BCUT2D eigenvalue weighted by Gasteiger charge is 2.38. The molecule has 1 amide bonds. The van der Waals surface area contributed by atoms with Gasteiger partial charge in [0.15, 0.2) is 2.82 Å². The number of anilines is 1. The molecule has 0 radical (unpaired) electrons. The van der Waals surface area contributed by atoms with Crippen LogP contribution < -0.4 is 15.3 Å². The Morgan fingerprint density at radius 3 is 3.00 bits per heavy atom. The summed E-state index contributed by atoms with van der Waals surface area (Å²) in [4.78, 5) is 13.2. The third kappa shape index (κ3) is 7.07. The van der Waals surface area contributed by atoms with Crippen LogP contribution in [0.4, 0.5) is 5.69 Å². The van der Waals surface area contributed by atoms with E-state index in [2.05, 4.69) is 5.32 Å². The summed E-state index contributed by atoms with van der Waals surface area (Å²) in [6, 6.07) is -0.958. The number of benzene rings is 1. The largest absolute Gasteiger partial charge is 0.356 e. The maximum atomic E-state index is 14.5. The Balaban J connectivity index is 3.21. The number of rotatable bonds is 11. The van der Waals surface area contributed by atoms with Crippen LogP contribution in [-0.4, -0.2) is 57.3 Å². The first kappa shape index (κ1) is 8.62. The molecule has 0 spiro atoms. The fraction of sp³-hybridized carbons (Fsp3) is 0.650. The minimum absolute atomic E-state index is 0.175. The molecule has 0 bridgehead atoms. The average molecular weight is 428 g/mol. The summed E-state index contributed by atoms with van der Waals surface area (Å²) in [5.41, 5.74) is -0.998. The number of nitrogens with one attached hydrogen (secondary N) is 3. The Morgan fingerprint density at radius 2 is 2.29 bits per heavy atom. The number of carbonyl (C=O) groups is 1. The molecule has 1 fully saturated rings. The van der Waals surface area contributed by atoms with E-state index in [1.165, 1.54) is 6.92 Å². The monoisotopic (exact) mass is 427 g/mol. The average Bonchev–Trinajstić information content (AvgIpc) is 2.96. The molecule has 0 aliphatic carbocycles. The molecular formula is C20H34N4O3S. The van der Waals surface area contributed by atoms with E-state index >= 15 is 0 Å². The molecule has 28 heavy (non-hydrogen) atoms. The molecule has 2 rings (SSSR count). The number of sulfonamides is 1. The second-order valence-electron chi connectivity index (χ2n) is 5.51. The zero-order valence-corrected chi connectivity index (χ0v) is 16.1. The predicted molar refractivity (Wildman–Crippen MR) is 114 cm³/mol. The first-order valence-electron chi connectivity index (χ1n) is 16.9. The first-order chi connectivity index (χ1) is 20.1. The van der Waals surface area contributed by atoms with Crippen molar-refractivity contribution in [1.29, 1.82) is 0 Å². The van der Waals surface area contributed by atoms with Crippen molar-refractivity contribution >= 4 is 21.6 Å². The van der Waals surface area contributed by atoms with E-state index in [1.807, 2.05) is 0 Å². The van der Waals surface area contributed by atoms with Crippen molar-refractivity contribution in [2.24, 2.45) is 5.89 Å². The molecule has 158 valence electrons. The van der Waals surface area contributed by atoms with Gasteiger partial charge in [-0.05, 0) is 18.5 Å². The minimum Gasteiger partial charge on any atom is -0.356 e. The van der Waals surface area contributed by atoms with Crippen molar-refractivity contribution < 1.29 is 36.6 Å². The van der Waals surface area contributed by atoms with Gasteiger partial charge in [-0.1, -0.05) is 44.3 Å². The van der Waals surface area contributed by atoms with Crippen LogP contribution in [0.2, 0.25) is 2.82 Å². The van der Waals surface area contributed by atoms with Gasteiger partial charge in [0.25, 0.3) is 0 Å². The lowest BCUT2D eigenvalue weighted by Gasteiger charge is -2.39.